The van der Waals surface area contributed by atoms with E-state index in [2.05, 4.69) is 18.8 Å². The fourth-order valence-corrected chi connectivity index (χ4v) is 1.90. The predicted molar refractivity (Wildman–Crippen MR) is 50.8 cm³/mol. The van der Waals surface area contributed by atoms with Gasteiger partial charge in [-0.3, -0.25) is 9.78 Å². The topological polar surface area (TPSA) is 30.0 Å². The minimum absolute atomic E-state index is 0.131. The molecule has 0 unspecified atom stereocenters. The zero-order valence-corrected chi connectivity index (χ0v) is 8.00. The first-order chi connectivity index (χ1) is 6.11. The van der Waals surface area contributed by atoms with E-state index < -0.39 is 0 Å². The lowest BCUT2D eigenvalue weighted by molar-refractivity contribution is 0.0956. The van der Waals surface area contributed by atoms with E-state index in [-0.39, 0.29) is 11.2 Å². The van der Waals surface area contributed by atoms with Crippen molar-refractivity contribution in [3.63, 3.8) is 0 Å². The van der Waals surface area contributed by atoms with Gasteiger partial charge in [0.25, 0.3) is 0 Å². The molecule has 0 saturated carbocycles. The van der Waals surface area contributed by atoms with E-state index in [9.17, 15) is 4.79 Å². The Balaban J connectivity index is 2.61. The van der Waals surface area contributed by atoms with Gasteiger partial charge in [0, 0.05) is 24.4 Å². The second-order valence-corrected chi connectivity index (χ2v) is 4.23. The Hall–Kier alpha value is -1.18. The summed E-state index contributed by atoms with van der Waals surface area (Å²) in [5.41, 5.74) is 2.10. The van der Waals surface area contributed by atoms with Crippen LogP contribution in [-0.4, -0.2) is 10.8 Å². The summed E-state index contributed by atoms with van der Waals surface area (Å²) in [6, 6.07) is 1.96. The number of nitrogens with zero attached hydrogens (tertiary/aromatic N) is 1. The van der Waals surface area contributed by atoms with Crippen molar-refractivity contribution in [2.24, 2.45) is 0 Å². The highest BCUT2D eigenvalue weighted by Gasteiger charge is 2.31. The summed E-state index contributed by atoms with van der Waals surface area (Å²) >= 11 is 0. The van der Waals surface area contributed by atoms with Crippen LogP contribution in [0.25, 0.3) is 0 Å². The molecule has 0 spiro atoms. The van der Waals surface area contributed by atoms with E-state index in [0.717, 1.165) is 17.5 Å². The Morgan fingerprint density at radius 2 is 2.23 bits per heavy atom. The maximum atomic E-state index is 11.5. The molecule has 0 atom stereocenters. The summed E-state index contributed by atoms with van der Waals surface area (Å²) in [5, 5.41) is 0. The maximum absolute atomic E-state index is 11.5. The standard InChI is InChI=1S/C11H13NO/c1-11(2)5-3-10(13)8-7-12-6-4-9(8)11/h4,6-7H,3,5H2,1-2H3. The molecule has 0 fully saturated rings. The number of Topliss-reactive ketones (excluding diaryl/α,β-unsaturated/α-hetero) is 1. The van der Waals surface area contributed by atoms with Crippen LogP contribution in [0.1, 0.15) is 42.6 Å². The Kier molecular flexibility index (Phi) is 1.72. The van der Waals surface area contributed by atoms with Gasteiger partial charge < -0.3 is 0 Å². The SMILES string of the molecule is CC1(C)CCC(=O)c2cnccc21. The van der Waals surface area contributed by atoms with Gasteiger partial charge in [-0.25, -0.2) is 0 Å². The molecule has 2 heteroatoms. The van der Waals surface area contributed by atoms with Crippen LogP contribution >= 0.6 is 0 Å². The summed E-state index contributed by atoms with van der Waals surface area (Å²) in [6.45, 7) is 4.36. The Morgan fingerprint density at radius 1 is 1.46 bits per heavy atom. The van der Waals surface area contributed by atoms with Crippen molar-refractivity contribution < 1.29 is 4.79 Å². The number of carbonyl (C=O) groups is 1. The van der Waals surface area contributed by atoms with Crippen LogP contribution in [0.3, 0.4) is 0 Å². The molecule has 0 amide bonds. The third kappa shape index (κ3) is 1.26. The highest BCUT2D eigenvalue weighted by molar-refractivity contribution is 5.98. The van der Waals surface area contributed by atoms with E-state index in [1.165, 1.54) is 0 Å². The fourth-order valence-electron chi connectivity index (χ4n) is 1.90. The largest absolute Gasteiger partial charge is 0.294 e. The molecule has 0 aromatic carbocycles. The van der Waals surface area contributed by atoms with Crippen molar-refractivity contribution in [3.8, 4) is 0 Å². The number of pyridine rings is 1. The Morgan fingerprint density at radius 3 is 2.92 bits per heavy atom. The number of fused-ring (bicyclic) bond motifs is 1. The number of ketones is 1. The average molecular weight is 175 g/mol. The molecule has 1 aliphatic rings. The lowest BCUT2D eigenvalue weighted by Crippen LogP contribution is -2.27. The van der Waals surface area contributed by atoms with E-state index in [1.807, 2.05) is 6.07 Å². The molecule has 13 heavy (non-hydrogen) atoms. The van der Waals surface area contributed by atoms with Crippen LogP contribution in [0.4, 0.5) is 0 Å². The maximum Gasteiger partial charge on any atom is 0.164 e. The van der Waals surface area contributed by atoms with Gasteiger partial charge in [-0.15, -0.1) is 0 Å². The summed E-state index contributed by atoms with van der Waals surface area (Å²) in [7, 11) is 0. The molecular weight excluding hydrogens is 162 g/mol. The van der Waals surface area contributed by atoms with Crippen LogP contribution in [0.15, 0.2) is 18.5 Å². The highest BCUT2D eigenvalue weighted by Crippen LogP contribution is 2.35. The molecule has 1 aromatic rings. The number of carbonyl (C=O) groups excluding carboxylic acids is 1. The third-order valence-electron chi connectivity index (χ3n) is 2.83. The van der Waals surface area contributed by atoms with Gasteiger partial charge in [0.1, 0.15) is 0 Å². The van der Waals surface area contributed by atoms with Crippen LogP contribution in [0.5, 0.6) is 0 Å². The van der Waals surface area contributed by atoms with Crippen LogP contribution < -0.4 is 0 Å². The Bertz CT molecular complexity index is 355. The van der Waals surface area contributed by atoms with Gasteiger partial charge in [-0.2, -0.15) is 0 Å². The zero-order chi connectivity index (χ0) is 9.47. The van der Waals surface area contributed by atoms with Crippen molar-refractivity contribution in [3.05, 3.63) is 29.6 Å². The number of rotatable bonds is 0. The molecule has 1 aromatic heterocycles. The number of hydrogen-bond acceptors (Lipinski definition) is 2. The second-order valence-electron chi connectivity index (χ2n) is 4.23. The third-order valence-corrected chi connectivity index (χ3v) is 2.83. The molecule has 2 nitrogen and oxygen atoms in total. The quantitative estimate of drug-likeness (QED) is 0.605. The van der Waals surface area contributed by atoms with Crippen LogP contribution in [0, 0.1) is 0 Å². The molecule has 0 bridgehead atoms. The lowest BCUT2D eigenvalue weighted by Gasteiger charge is -2.30. The van der Waals surface area contributed by atoms with Gasteiger partial charge in [0.05, 0.1) is 0 Å². The van der Waals surface area contributed by atoms with E-state index in [1.54, 1.807) is 12.4 Å². The van der Waals surface area contributed by atoms with Gasteiger partial charge >= 0.3 is 0 Å². The van der Waals surface area contributed by atoms with Crippen LogP contribution in [0.2, 0.25) is 0 Å². The first kappa shape index (κ1) is 8.42. The van der Waals surface area contributed by atoms with E-state index in [4.69, 9.17) is 0 Å². The second kappa shape index (κ2) is 2.66. The molecule has 0 aliphatic heterocycles. The van der Waals surface area contributed by atoms with Crippen molar-refractivity contribution >= 4 is 5.78 Å². The fraction of sp³-hybridized carbons (Fsp3) is 0.455. The monoisotopic (exact) mass is 175 g/mol. The predicted octanol–water partition coefficient (Wildman–Crippen LogP) is 2.34. The molecule has 0 N–H and O–H groups in total. The molecule has 68 valence electrons. The Labute approximate surface area is 78.0 Å². The van der Waals surface area contributed by atoms with Crippen LogP contribution in [-0.2, 0) is 5.41 Å². The first-order valence-corrected chi connectivity index (χ1v) is 4.59. The van der Waals surface area contributed by atoms with Crippen molar-refractivity contribution in [1.29, 1.82) is 0 Å². The smallest absolute Gasteiger partial charge is 0.164 e. The summed E-state index contributed by atoms with van der Waals surface area (Å²) in [5.74, 6) is 0.238. The van der Waals surface area contributed by atoms with Crippen molar-refractivity contribution in [2.45, 2.75) is 32.1 Å². The average Bonchev–Trinajstić information content (AvgIpc) is 2.13. The molecule has 0 saturated heterocycles. The molecule has 1 aliphatic carbocycles. The first-order valence-electron chi connectivity index (χ1n) is 4.59. The number of hydrogen-bond donors (Lipinski definition) is 0. The minimum Gasteiger partial charge on any atom is -0.294 e. The summed E-state index contributed by atoms with van der Waals surface area (Å²) < 4.78 is 0. The molecule has 2 rings (SSSR count). The summed E-state index contributed by atoms with van der Waals surface area (Å²) in [4.78, 5) is 15.5. The van der Waals surface area contributed by atoms with Gasteiger partial charge in [-0.05, 0) is 23.5 Å². The zero-order valence-electron chi connectivity index (χ0n) is 8.00. The highest BCUT2D eigenvalue weighted by atomic mass is 16.1. The number of aromatic nitrogens is 1. The van der Waals surface area contributed by atoms with Gasteiger partial charge in [0.15, 0.2) is 5.78 Å². The van der Waals surface area contributed by atoms with E-state index >= 15 is 0 Å². The molecule has 0 radical (unpaired) electrons. The lowest BCUT2D eigenvalue weighted by atomic mass is 9.73. The van der Waals surface area contributed by atoms with Gasteiger partial charge in [-0.1, -0.05) is 13.8 Å². The molecular formula is C11H13NO. The minimum atomic E-state index is 0.131. The van der Waals surface area contributed by atoms with E-state index in [0.29, 0.717) is 6.42 Å². The van der Waals surface area contributed by atoms with Crippen molar-refractivity contribution in [1.82, 2.24) is 4.98 Å². The van der Waals surface area contributed by atoms with Crippen molar-refractivity contribution in [2.75, 3.05) is 0 Å². The van der Waals surface area contributed by atoms with Gasteiger partial charge in [0.2, 0.25) is 0 Å². The summed E-state index contributed by atoms with van der Waals surface area (Å²) in [6.07, 6.45) is 5.06. The molecule has 1 heterocycles. The normalized spacial score (nSPS) is 19.7.